The number of amides is 1. The van der Waals surface area contributed by atoms with Gasteiger partial charge in [-0.3, -0.25) is 14.8 Å². The second-order valence-corrected chi connectivity index (χ2v) is 5.53. The number of rotatable bonds is 2. The molecule has 0 aromatic carbocycles. The molecule has 0 bridgehead atoms. The third-order valence-electron chi connectivity index (χ3n) is 2.71. The van der Waals surface area contributed by atoms with Crippen molar-refractivity contribution in [1.29, 1.82) is 0 Å². The fourth-order valence-electron chi connectivity index (χ4n) is 1.94. The molecule has 2 heterocycles. The van der Waals surface area contributed by atoms with Crippen LogP contribution in [0.1, 0.15) is 37.7 Å². The molecule has 1 amide bonds. The lowest BCUT2D eigenvalue weighted by molar-refractivity contribution is -0.136. The Kier molecular flexibility index (Phi) is 3.21. The van der Waals surface area contributed by atoms with Gasteiger partial charge < -0.3 is 9.84 Å². The molecule has 7 heteroatoms. The van der Waals surface area contributed by atoms with E-state index in [9.17, 15) is 9.59 Å². The Morgan fingerprint density at radius 1 is 1.42 bits per heavy atom. The summed E-state index contributed by atoms with van der Waals surface area (Å²) < 4.78 is 5.28. The van der Waals surface area contributed by atoms with Crippen LogP contribution in [0.4, 0.5) is 4.79 Å². The number of hydrogen-bond acceptors (Lipinski definition) is 4. The normalized spacial score (nSPS) is 14.4. The predicted octanol–water partition coefficient (Wildman–Crippen LogP) is 1.29. The Bertz CT molecular complexity index is 516. The fourth-order valence-corrected chi connectivity index (χ4v) is 1.94. The highest BCUT2D eigenvalue weighted by molar-refractivity contribution is 5.71. The minimum absolute atomic E-state index is 0.145. The van der Waals surface area contributed by atoms with Gasteiger partial charge in [-0.05, 0) is 20.8 Å². The van der Waals surface area contributed by atoms with Crippen LogP contribution in [-0.4, -0.2) is 37.9 Å². The maximum Gasteiger partial charge on any atom is 0.410 e. The monoisotopic (exact) mass is 267 g/mol. The lowest BCUT2D eigenvalue weighted by atomic mass is 10.2. The summed E-state index contributed by atoms with van der Waals surface area (Å²) in [5.41, 5.74) is 1.50. The van der Waals surface area contributed by atoms with E-state index in [0.29, 0.717) is 18.8 Å². The zero-order valence-corrected chi connectivity index (χ0v) is 11.2. The standard InChI is InChI=1S/C12H17N3O4/c1-12(2,3)19-11(18)15-5-7-8(4-10(16)17)13-14-9(7)6-15/h4-6H2,1-3H3,(H,13,14)(H,16,17). The summed E-state index contributed by atoms with van der Waals surface area (Å²) in [4.78, 5) is 24.2. The first kappa shape index (κ1) is 13.4. The van der Waals surface area contributed by atoms with Crippen molar-refractivity contribution in [2.75, 3.05) is 0 Å². The number of aromatic nitrogens is 2. The number of carboxylic acids is 1. The largest absolute Gasteiger partial charge is 0.481 e. The molecule has 0 saturated heterocycles. The highest BCUT2D eigenvalue weighted by Gasteiger charge is 2.31. The summed E-state index contributed by atoms with van der Waals surface area (Å²) in [5, 5.41) is 15.5. The van der Waals surface area contributed by atoms with Crippen LogP contribution in [0.25, 0.3) is 0 Å². The van der Waals surface area contributed by atoms with Gasteiger partial charge in [-0.15, -0.1) is 0 Å². The Morgan fingerprint density at radius 2 is 2.11 bits per heavy atom. The van der Waals surface area contributed by atoms with E-state index in [1.165, 1.54) is 4.90 Å². The predicted molar refractivity (Wildman–Crippen MR) is 65.4 cm³/mol. The Morgan fingerprint density at radius 3 is 2.68 bits per heavy atom. The topological polar surface area (TPSA) is 95.5 Å². The zero-order chi connectivity index (χ0) is 14.2. The van der Waals surface area contributed by atoms with Crippen LogP contribution in [0.15, 0.2) is 0 Å². The van der Waals surface area contributed by atoms with Crippen molar-refractivity contribution in [3.63, 3.8) is 0 Å². The molecule has 2 rings (SSSR count). The van der Waals surface area contributed by atoms with Gasteiger partial charge in [0.05, 0.1) is 30.9 Å². The molecule has 1 aromatic rings. The fraction of sp³-hybridized carbons (Fsp3) is 0.583. The number of hydrogen-bond donors (Lipinski definition) is 2. The van der Waals surface area contributed by atoms with Crippen LogP contribution in [0.5, 0.6) is 0 Å². The molecule has 7 nitrogen and oxygen atoms in total. The quantitative estimate of drug-likeness (QED) is 0.841. The molecule has 1 aliphatic heterocycles. The Hall–Kier alpha value is -2.05. The number of fused-ring (bicyclic) bond motifs is 1. The highest BCUT2D eigenvalue weighted by atomic mass is 16.6. The van der Waals surface area contributed by atoms with E-state index in [2.05, 4.69) is 10.2 Å². The SMILES string of the molecule is CC(C)(C)OC(=O)N1Cc2[nH]nc(CC(=O)O)c2C1. The smallest absolute Gasteiger partial charge is 0.410 e. The van der Waals surface area contributed by atoms with Crippen molar-refractivity contribution in [2.45, 2.75) is 45.9 Å². The maximum atomic E-state index is 11.9. The van der Waals surface area contributed by atoms with Crippen molar-refractivity contribution in [3.05, 3.63) is 17.0 Å². The molecule has 0 atom stereocenters. The third kappa shape index (κ3) is 3.04. The van der Waals surface area contributed by atoms with Crippen molar-refractivity contribution < 1.29 is 19.4 Å². The van der Waals surface area contributed by atoms with Gasteiger partial charge in [-0.1, -0.05) is 0 Å². The number of carboxylic acid groups (broad SMARTS) is 1. The second kappa shape index (κ2) is 4.56. The minimum atomic E-state index is -0.940. The third-order valence-corrected chi connectivity index (χ3v) is 2.71. The van der Waals surface area contributed by atoms with Gasteiger partial charge in [0.1, 0.15) is 5.60 Å². The molecule has 1 aromatic heterocycles. The van der Waals surface area contributed by atoms with Crippen molar-refractivity contribution in [1.82, 2.24) is 15.1 Å². The van der Waals surface area contributed by atoms with Gasteiger partial charge in [0, 0.05) is 5.56 Å². The number of aliphatic carboxylic acids is 1. The number of H-pyrrole nitrogens is 1. The number of nitrogens with zero attached hydrogens (tertiary/aromatic N) is 2. The van der Waals surface area contributed by atoms with Crippen LogP contribution in [0.3, 0.4) is 0 Å². The molecule has 104 valence electrons. The molecule has 0 saturated carbocycles. The second-order valence-electron chi connectivity index (χ2n) is 5.53. The van der Waals surface area contributed by atoms with Crippen molar-refractivity contribution >= 4 is 12.1 Å². The average molecular weight is 267 g/mol. The molecule has 2 N–H and O–H groups in total. The number of carbonyl (C=O) groups is 2. The van der Waals surface area contributed by atoms with Gasteiger partial charge in [0.25, 0.3) is 0 Å². The van der Waals surface area contributed by atoms with Gasteiger partial charge in [-0.2, -0.15) is 5.10 Å². The van der Waals surface area contributed by atoms with E-state index in [1.54, 1.807) is 20.8 Å². The van der Waals surface area contributed by atoms with Crippen LogP contribution in [0, 0.1) is 0 Å². The van der Waals surface area contributed by atoms with Gasteiger partial charge in [0.15, 0.2) is 0 Å². The summed E-state index contributed by atoms with van der Waals surface area (Å²) in [5.74, 6) is -0.940. The lowest BCUT2D eigenvalue weighted by Crippen LogP contribution is -2.33. The lowest BCUT2D eigenvalue weighted by Gasteiger charge is -2.24. The zero-order valence-electron chi connectivity index (χ0n) is 11.2. The highest BCUT2D eigenvalue weighted by Crippen LogP contribution is 2.25. The van der Waals surface area contributed by atoms with Crippen LogP contribution in [-0.2, 0) is 29.0 Å². The molecule has 0 unspecified atom stereocenters. The average Bonchev–Trinajstić information content (AvgIpc) is 2.77. The number of ether oxygens (including phenoxy) is 1. The molecule has 19 heavy (non-hydrogen) atoms. The number of nitrogens with one attached hydrogen (secondary N) is 1. The van der Waals surface area contributed by atoms with Crippen molar-refractivity contribution in [3.8, 4) is 0 Å². The van der Waals surface area contributed by atoms with Gasteiger partial charge in [-0.25, -0.2) is 4.79 Å². The van der Waals surface area contributed by atoms with Crippen LogP contribution < -0.4 is 0 Å². The van der Waals surface area contributed by atoms with Gasteiger partial charge in [0.2, 0.25) is 0 Å². The first-order chi connectivity index (χ1) is 8.76. The first-order valence-corrected chi connectivity index (χ1v) is 6.01. The number of carbonyl (C=O) groups excluding carboxylic acids is 1. The summed E-state index contributed by atoms with van der Waals surface area (Å²) in [7, 11) is 0. The molecule has 0 radical (unpaired) electrons. The van der Waals surface area contributed by atoms with Crippen molar-refractivity contribution in [2.24, 2.45) is 0 Å². The van der Waals surface area contributed by atoms with E-state index in [0.717, 1.165) is 11.3 Å². The molecule has 1 aliphatic rings. The van der Waals surface area contributed by atoms with E-state index in [4.69, 9.17) is 9.84 Å². The molecule has 0 aliphatic carbocycles. The summed E-state index contributed by atoms with van der Waals surface area (Å²) >= 11 is 0. The van der Waals surface area contributed by atoms with E-state index in [1.807, 2.05) is 0 Å². The molecular weight excluding hydrogens is 250 g/mol. The Balaban J connectivity index is 2.06. The molecular formula is C12H17N3O4. The van der Waals surface area contributed by atoms with E-state index >= 15 is 0 Å². The molecule has 0 fully saturated rings. The summed E-state index contributed by atoms with van der Waals surface area (Å²) in [6, 6.07) is 0. The van der Waals surface area contributed by atoms with Gasteiger partial charge >= 0.3 is 12.1 Å². The maximum absolute atomic E-state index is 11.9. The number of aromatic amines is 1. The molecule has 0 spiro atoms. The van der Waals surface area contributed by atoms with E-state index < -0.39 is 17.7 Å². The summed E-state index contributed by atoms with van der Waals surface area (Å²) in [6.07, 6.45) is -0.549. The summed E-state index contributed by atoms with van der Waals surface area (Å²) in [6.45, 7) is 6.12. The Labute approximate surface area is 110 Å². The van der Waals surface area contributed by atoms with Crippen LogP contribution in [0.2, 0.25) is 0 Å². The van der Waals surface area contributed by atoms with E-state index in [-0.39, 0.29) is 6.42 Å². The minimum Gasteiger partial charge on any atom is -0.481 e. The van der Waals surface area contributed by atoms with Crippen LogP contribution >= 0.6 is 0 Å². The first-order valence-electron chi connectivity index (χ1n) is 6.01.